The van der Waals surface area contributed by atoms with Gasteiger partial charge in [-0.1, -0.05) is 25.1 Å². The van der Waals surface area contributed by atoms with E-state index in [-0.39, 0.29) is 12.2 Å². The van der Waals surface area contributed by atoms with Gasteiger partial charge in [0.05, 0.1) is 23.0 Å². The molecule has 5 nitrogen and oxygen atoms in total. The topological polar surface area (TPSA) is 72.8 Å². The molecule has 1 aliphatic carbocycles. The largest absolute Gasteiger partial charge is 0.389 e. The Bertz CT molecular complexity index is 629. The average Bonchev–Trinajstić information content (AvgIpc) is 2.96. The Morgan fingerprint density at radius 1 is 1.30 bits per heavy atom. The molecule has 1 N–H and O–H groups in total. The number of carbonyl (C=O) groups is 1. The van der Waals surface area contributed by atoms with E-state index < -0.39 is 39.6 Å². The van der Waals surface area contributed by atoms with Crippen molar-refractivity contribution < 1.29 is 23.6 Å². The minimum Gasteiger partial charge on any atom is -0.389 e. The van der Waals surface area contributed by atoms with Gasteiger partial charge in [-0.25, -0.2) is 0 Å². The molecule has 5 unspecified atom stereocenters. The molecule has 1 aromatic carbocycles. The van der Waals surface area contributed by atoms with Crippen molar-refractivity contribution in [2.24, 2.45) is 0 Å². The summed E-state index contributed by atoms with van der Waals surface area (Å²) in [6.45, 7) is 5.34. The van der Waals surface area contributed by atoms with Crippen molar-refractivity contribution >= 4 is 16.6 Å². The summed E-state index contributed by atoms with van der Waals surface area (Å²) in [7, 11) is -1.52. The van der Waals surface area contributed by atoms with Crippen molar-refractivity contribution in [2.45, 2.75) is 67.4 Å². The smallest absolute Gasteiger partial charge is 0.186 e. The lowest BCUT2D eigenvalue weighted by Crippen LogP contribution is -2.53. The number of Topliss-reactive ketones (excluding diaryl/α,β-unsaturated/α-hetero) is 1. The summed E-state index contributed by atoms with van der Waals surface area (Å²) in [5.41, 5.74) is -1.41. The third-order valence-electron chi connectivity index (χ3n) is 4.53. The SMILES string of the molecule is CCC1OC(C)(C)OC12C(=O)C(S(=O)c1ccccc1)CC2O. The molecule has 6 heteroatoms. The van der Waals surface area contributed by atoms with Crippen LogP contribution in [0.1, 0.15) is 33.6 Å². The van der Waals surface area contributed by atoms with E-state index >= 15 is 0 Å². The lowest BCUT2D eigenvalue weighted by molar-refractivity contribution is -0.182. The first-order chi connectivity index (χ1) is 10.8. The normalized spacial score (nSPS) is 37.4. The zero-order valence-electron chi connectivity index (χ0n) is 13.5. The number of carbonyl (C=O) groups excluding carboxylic acids is 1. The number of benzene rings is 1. The van der Waals surface area contributed by atoms with E-state index in [1.54, 1.807) is 38.1 Å². The maximum atomic E-state index is 13.1. The van der Waals surface area contributed by atoms with Gasteiger partial charge < -0.3 is 14.6 Å². The molecular formula is C17H22O5S. The first-order valence-corrected chi connectivity index (χ1v) is 9.09. The molecule has 0 bridgehead atoms. The molecule has 0 radical (unpaired) electrons. The highest BCUT2D eigenvalue weighted by molar-refractivity contribution is 7.86. The fraction of sp³-hybridized carbons (Fsp3) is 0.588. The maximum Gasteiger partial charge on any atom is 0.186 e. The van der Waals surface area contributed by atoms with Crippen molar-refractivity contribution in [2.75, 3.05) is 0 Å². The summed E-state index contributed by atoms with van der Waals surface area (Å²) in [5, 5.41) is 9.81. The molecule has 1 saturated heterocycles. The fourth-order valence-corrected chi connectivity index (χ4v) is 5.10. The van der Waals surface area contributed by atoms with Gasteiger partial charge in [-0.3, -0.25) is 9.00 Å². The van der Waals surface area contributed by atoms with Crippen molar-refractivity contribution in [3.63, 3.8) is 0 Å². The third-order valence-corrected chi connectivity index (χ3v) is 6.19. The number of aliphatic hydroxyl groups is 1. The van der Waals surface area contributed by atoms with Gasteiger partial charge in [-0.05, 0) is 38.8 Å². The molecule has 23 heavy (non-hydrogen) atoms. The van der Waals surface area contributed by atoms with E-state index in [2.05, 4.69) is 0 Å². The Labute approximate surface area is 138 Å². The molecule has 126 valence electrons. The van der Waals surface area contributed by atoms with Crippen LogP contribution in [0.2, 0.25) is 0 Å². The van der Waals surface area contributed by atoms with Crippen LogP contribution in [0.15, 0.2) is 35.2 Å². The van der Waals surface area contributed by atoms with Crippen LogP contribution in [0.5, 0.6) is 0 Å². The summed E-state index contributed by atoms with van der Waals surface area (Å²) in [5.74, 6) is -1.26. The number of ketones is 1. The lowest BCUT2D eigenvalue weighted by Gasteiger charge is -2.29. The monoisotopic (exact) mass is 338 g/mol. The van der Waals surface area contributed by atoms with Crippen molar-refractivity contribution in [1.29, 1.82) is 0 Å². The van der Waals surface area contributed by atoms with Crippen molar-refractivity contribution in [3.8, 4) is 0 Å². The van der Waals surface area contributed by atoms with Crippen LogP contribution in [0.25, 0.3) is 0 Å². The van der Waals surface area contributed by atoms with Crippen molar-refractivity contribution in [3.05, 3.63) is 30.3 Å². The summed E-state index contributed by atoms with van der Waals surface area (Å²) in [6.07, 6.45) is -0.884. The molecule has 3 rings (SSSR count). The Balaban J connectivity index is 1.94. The van der Waals surface area contributed by atoms with Crippen LogP contribution in [0, 0.1) is 0 Å². The number of hydrogen-bond donors (Lipinski definition) is 1. The highest BCUT2D eigenvalue weighted by Gasteiger charge is 2.67. The lowest BCUT2D eigenvalue weighted by atomic mass is 9.90. The first-order valence-electron chi connectivity index (χ1n) is 7.88. The molecule has 1 aromatic rings. The standard InChI is InChI=1S/C17H22O5S/c1-4-14-17(22-16(2,3)21-14)13(18)10-12(15(17)19)23(20)11-8-6-5-7-9-11/h5-9,12-14,18H,4,10H2,1-3H3. The summed E-state index contributed by atoms with van der Waals surface area (Å²) < 4.78 is 24.5. The highest BCUT2D eigenvalue weighted by atomic mass is 32.2. The molecule has 2 fully saturated rings. The number of ether oxygens (including phenoxy) is 2. The second-order valence-electron chi connectivity index (χ2n) is 6.52. The van der Waals surface area contributed by atoms with Crippen molar-refractivity contribution in [1.82, 2.24) is 0 Å². The molecule has 5 atom stereocenters. The Morgan fingerprint density at radius 3 is 2.57 bits per heavy atom. The predicted octanol–water partition coefficient (Wildman–Crippen LogP) is 1.80. The zero-order chi connectivity index (χ0) is 16.8. The molecule has 0 amide bonds. The molecule has 1 aliphatic heterocycles. The first kappa shape index (κ1) is 16.8. The molecule has 1 heterocycles. The Hall–Kier alpha value is -1.08. The number of rotatable bonds is 3. The van der Waals surface area contributed by atoms with Crippen LogP contribution < -0.4 is 0 Å². The van der Waals surface area contributed by atoms with E-state index in [0.717, 1.165) is 0 Å². The van der Waals surface area contributed by atoms with E-state index in [0.29, 0.717) is 11.3 Å². The quantitative estimate of drug-likeness (QED) is 0.910. The Kier molecular flexibility index (Phi) is 4.21. The fourth-order valence-electron chi connectivity index (χ4n) is 3.61. The van der Waals surface area contributed by atoms with Gasteiger partial charge in [0.15, 0.2) is 17.2 Å². The second-order valence-corrected chi connectivity index (χ2v) is 8.16. The minimum absolute atomic E-state index is 0.121. The van der Waals surface area contributed by atoms with E-state index in [9.17, 15) is 14.1 Å². The number of hydrogen-bond acceptors (Lipinski definition) is 5. The van der Waals surface area contributed by atoms with E-state index in [1.165, 1.54) is 0 Å². The van der Waals surface area contributed by atoms with Gasteiger partial charge in [0.2, 0.25) is 0 Å². The van der Waals surface area contributed by atoms with Gasteiger partial charge in [-0.15, -0.1) is 0 Å². The number of aliphatic hydroxyl groups excluding tert-OH is 1. The predicted molar refractivity (Wildman–Crippen MR) is 85.3 cm³/mol. The maximum absolute atomic E-state index is 13.1. The third kappa shape index (κ3) is 2.58. The van der Waals surface area contributed by atoms with Gasteiger partial charge in [0.25, 0.3) is 0 Å². The molecule has 2 aliphatic rings. The van der Waals surface area contributed by atoms with E-state index in [4.69, 9.17) is 9.47 Å². The molecule has 1 spiro atoms. The summed E-state index contributed by atoms with van der Waals surface area (Å²) in [6, 6.07) is 8.86. The van der Waals surface area contributed by atoms with Gasteiger partial charge in [0.1, 0.15) is 5.25 Å². The summed E-state index contributed by atoms with van der Waals surface area (Å²) >= 11 is 0. The minimum atomic E-state index is -1.52. The van der Waals surface area contributed by atoms with Gasteiger partial charge in [-0.2, -0.15) is 0 Å². The Morgan fingerprint density at radius 2 is 1.96 bits per heavy atom. The van der Waals surface area contributed by atoms with Crippen LogP contribution >= 0.6 is 0 Å². The van der Waals surface area contributed by atoms with Crippen LogP contribution in [-0.2, 0) is 25.1 Å². The second kappa shape index (κ2) is 5.77. The van der Waals surface area contributed by atoms with Crippen LogP contribution in [-0.4, -0.2) is 43.9 Å². The van der Waals surface area contributed by atoms with Crippen LogP contribution in [0.4, 0.5) is 0 Å². The summed E-state index contributed by atoms with van der Waals surface area (Å²) in [4.78, 5) is 13.6. The van der Waals surface area contributed by atoms with Gasteiger partial charge >= 0.3 is 0 Å². The molecule has 1 saturated carbocycles. The van der Waals surface area contributed by atoms with Gasteiger partial charge in [0, 0.05) is 4.90 Å². The van der Waals surface area contributed by atoms with Crippen LogP contribution in [0.3, 0.4) is 0 Å². The molecular weight excluding hydrogens is 316 g/mol. The molecule has 0 aromatic heterocycles. The van der Waals surface area contributed by atoms with E-state index in [1.807, 2.05) is 13.0 Å². The highest BCUT2D eigenvalue weighted by Crippen LogP contribution is 2.47. The zero-order valence-corrected chi connectivity index (χ0v) is 14.3. The average molecular weight is 338 g/mol.